The van der Waals surface area contributed by atoms with Crippen LogP contribution in [0, 0.1) is 5.82 Å². The van der Waals surface area contributed by atoms with Crippen LogP contribution in [0.2, 0.25) is 0 Å². The Morgan fingerprint density at radius 3 is 2.41 bits per heavy atom. The zero-order chi connectivity index (χ0) is 24.7. The van der Waals surface area contributed by atoms with Gasteiger partial charge in [0.2, 0.25) is 0 Å². The molecule has 12 heteroatoms. The van der Waals surface area contributed by atoms with E-state index in [-0.39, 0.29) is 17.7 Å². The molecule has 0 fully saturated rings. The number of halogens is 4. The number of carbonyl (C=O) groups excluding carboxylic acids is 1. The van der Waals surface area contributed by atoms with Gasteiger partial charge in [0.25, 0.3) is 5.91 Å². The maximum atomic E-state index is 13.2. The van der Waals surface area contributed by atoms with Crippen LogP contribution in [0.15, 0.2) is 66.0 Å². The fourth-order valence-electron chi connectivity index (χ4n) is 3.33. The predicted molar refractivity (Wildman–Crippen MR) is 115 cm³/mol. The average Bonchev–Trinajstić information content (AvgIpc) is 3.21. The summed E-state index contributed by atoms with van der Waals surface area (Å²) < 4.78 is 78.0. The normalized spacial score (nSPS) is 12.1. The smallest absolute Gasteiger partial charge is 0.348 e. The molecule has 176 valence electrons. The van der Waals surface area contributed by atoms with Crippen LogP contribution in [0.25, 0.3) is 16.6 Å². The molecule has 0 saturated carbocycles. The summed E-state index contributed by atoms with van der Waals surface area (Å²) in [7, 11) is -3.91. The Balaban J connectivity index is 1.63. The molecular weight excluding hydrogens is 476 g/mol. The van der Waals surface area contributed by atoms with Crippen molar-refractivity contribution in [3.8, 4) is 5.69 Å². The minimum Gasteiger partial charge on any atom is -0.348 e. The fourth-order valence-corrected chi connectivity index (χ4v) is 4.04. The molecule has 2 aromatic heterocycles. The van der Waals surface area contributed by atoms with Gasteiger partial charge in [-0.3, -0.25) is 9.78 Å². The molecular formula is C22H16F4N4O3S. The summed E-state index contributed by atoms with van der Waals surface area (Å²) in [4.78, 5) is 16.3. The summed E-state index contributed by atoms with van der Waals surface area (Å²) in [6.07, 6.45) is 0.206. The van der Waals surface area contributed by atoms with Gasteiger partial charge >= 0.3 is 6.18 Å². The Kier molecular flexibility index (Phi) is 5.86. The molecule has 34 heavy (non-hydrogen) atoms. The molecule has 1 amide bonds. The molecule has 4 rings (SSSR count). The van der Waals surface area contributed by atoms with Gasteiger partial charge in [-0.2, -0.15) is 18.3 Å². The molecule has 7 nitrogen and oxygen atoms in total. The highest BCUT2D eigenvalue weighted by Gasteiger charge is 2.32. The van der Waals surface area contributed by atoms with E-state index < -0.39 is 38.2 Å². The Labute approximate surface area is 191 Å². The Morgan fingerprint density at radius 1 is 1.06 bits per heavy atom. The maximum absolute atomic E-state index is 13.2. The van der Waals surface area contributed by atoms with E-state index in [9.17, 15) is 30.8 Å². The van der Waals surface area contributed by atoms with E-state index in [0.717, 1.165) is 18.4 Å². The van der Waals surface area contributed by atoms with Crippen LogP contribution in [0.3, 0.4) is 0 Å². The SMILES string of the molecule is CS(=O)(=O)c1cc(CNC(=O)c2cncc3c2cnn3-c2ccc(F)cc2)cc(C(F)(F)F)c1. The monoisotopic (exact) mass is 492 g/mol. The van der Waals surface area contributed by atoms with E-state index >= 15 is 0 Å². The Morgan fingerprint density at radius 2 is 1.76 bits per heavy atom. The number of hydrogen-bond acceptors (Lipinski definition) is 5. The maximum Gasteiger partial charge on any atom is 0.416 e. The number of pyridine rings is 1. The van der Waals surface area contributed by atoms with Crippen molar-refractivity contribution in [2.24, 2.45) is 0 Å². The summed E-state index contributed by atoms with van der Waals surface area (Å²) in [5.41, 5.74) is -0.0679. The van der Waals surface area contributed by atoms with E-state index in [1.165, 1.54) is 47.5 Å². The van der Waals surface area contributed by atoms with Gasteiger partial charge in [0, 0.05) is 24.4 Å². The first kappa shape index (κ1) is 23.4. The summed E-state index contributed by atoms with van der Waals surface area (Å²) >= 11 is 0. The second-order valence-corrected chi connectivity index (χ2v) is 9.49. The predicted octanol–water partition coefficient (Wildman–Crippen LogP) is 3.91. The lowest BCUT2D eigenvalue weighted by molar-refractivity contribution is -0.137. The van der Waals surface area contributed by atoms with Gasteiger partial charge in [0.15, 0.2) is 9.84 Å². The number of fused-ring (bicyclic) bond motifs is 1. The van der Waals surface area contributed by atoms with Crippen LogP contribution in [-0.2, 0) is 22.6 Å². The van der Waals surface area contributed by atoms with Crippen molar-refractivity contribution in [1.82, 2.24) is 20.1 Å². The average molecular weight is 492 g/mol. The number of hydrogen-bond donors (Lipinski definition) is 1. The topological polar surface area (TPSA) is 93.9 Å². The quantitative estimate of drug-likeness (QED) is 0.427. The lowest BCUT2D eigenvalue weighted by Gasteiger charge is -2.12. The van der Waals surface area contributed by atoms with E-state index in [2.05, 4.69) is 15.4 Å². The summed E-state index contributed by atoms with van der Waals surface area (Å²) in [5.74, 6) is -1.07. The summed E-state index contributed by atoms with van der Waals surface area (Å²) in [6.45, 7) is -0.353. The number of nitrogens with one attached hydrogen (secondary N) is 1. The molecule has 2 heterocycles. The molecule has 0 aliphatic heterocycles. The third-order valence-electron chi connectivity index (χ3n) is 4.99. The fraction of sp³-hybridized carbons (Fsp3) is 0.136. The summed E-state index contributed by atoms with van der Waals surface area (Å²) in [6, 6.07) is 7.92. The number of carbonyl (C=O) groups is 1. The number of rotatable bonds is 5. The molecule has 0 unspecified atom stereocenters. The van der Waals surface area contributed by atoms with Crippen molar-refractivity contribution in [3.05, 3.63) is 83.6 Å². The van der Waals surface area contributed by atoms with Crippen LogP contribution < -0.4 is 5.32 Å². The van der Waals surface area contributed by atoms with Gasteiger partial charge in [-0.25, -0.2) is 17.5 Å². The molecule has 1 N–H and O–H groups in total. The molecule has 2 aromatic carbocycles. The highest BCUT2D eigenvalue weighted by Crippen LogP contribution is 2.32. The molecule has 0 spiro atoms. The molecule has 0 radical (unpaired) electrons. The van der Waals surface area contributed by atoms with Gasteiger partial charge in [-0.1, -0.05) is 0 Å². The number of amides is 1. The number of aromatic nitrogens is 3. The molecule has 0 saturated heterocycles. The van der Waals surface area contributed by atoms with Gasteiger partial charge in [0.05, 0.1) is 39.6 Å². The van der Waals surface area contributed by atoms with E-state index in [0.29, 0.717) is 22.7 Å². The van der Waals surface area contributed by atoms with Crippen molar-refractivity contribution >= 4 is 26.6 Å². The number of sulfone groups is 1. The molecule has 4 aromatic rings. The van der Waals surface area contributed by atoms with Crippen molar-refractivity contribution in [2.45, 2.75) is 17.6 Å². The van der Waals surface area contributed by atoms with Crippen molar-refractivity contribution in [3.63, 3.8) is 0 Å². The van der Waals surface area contributed by atoms with Gasteiger partial charge in [0.1, 0.15) is 5.82 Å². The van der Waals surface area contributed by atoms with E-state index in [4.69, 9.17) is 0 Å². The van der Waals surface area contributed by atoms with Crippen molar-refractivity contribution < 1.29 is 30.8 Å². The lowest BCUT2D eigenvalue weighted by Crippen LogP contribution is -2.23. The number of alkyl halides is 3. The third kappa shape index (κ3) is 4.76. The first-order valence-corrected chi connectivity index (χ1v) is 11.6. The van der Waals surface area contributed by atoms with Gasteiger partial charge in [-0.15, -0.1) is 0 Å². The molecule has 0 atom stereocenters. The molecule has 0 aliphatic rings. The number of benzene rings is 2. The zero-order valence-electron chi connectivity index (χ0n) is 17.5. The number of nitrogens with zero attached hydrogens (tertiary/aromatic N) is 3. The second-order valence-electron chi connectivity index (χ2n) is 7.47. The largest absolute Gasteiger partial charge is 0.416 e. The van der Waals surface area contributed by atoms with Crippen molar-refractivity contribution in [1.29, 1.82) is 0 Å². The first-order chi connectivity index (χ1) is 15.9. The van der Waals surface area contributed by atoms with Gasteiger partial charge < -0.3 is 5.32 Å². The van der Waals surface area contributed by atoms with Crippen LogP contribution in [-0.4, -0.2) is 35.3 Å². The van der Waals surface area contributed by atoms with Gasteiger partial charge in [-0.05, 0) is 48.0 Å². The van der Waals surface area contributed by atoms with Crippen molar-refractivity contribution in [2.75, 3.05) is 6.26 Å². The summed E-state index contributed by atoms with van der Waals surface area (Å²) in [5, 5.41) is 7.12. The lowest BCUT2D eigenvalue weighted by atomic mass is 10.1. The van der Waals surface area contributed by atoms with Crippen LogP contribution in [0.5, 0.6) is 0 Å². The first-order valence-electron chi connectivity index (χ1n) is 9.70. The molecule has 0 bridgehead atoms. The van der Waals surface area contributed by atoms with E-state index in [1.54, 1.807) is 0 Å². The van der Waals surface area contributed by atoms with Crippen LogP contribution in [0.4, 0.5) is 17.6 Å². The third-order valence-corrected chi connectivity index (χ3v) is 6.08. The van der Waals surface area contributed by atoms with E-state index in [1.807, 2.05) is 0 Å². The second kappa shape index (κ2) is 8.52. The van der Waals surface area contributed by atoms with Crippen LogP contribution >= 0.6 is 0 Å². The zero-order valence-corrected chi connectivity index (χ0v) is 18.3. The highest BCUT2D eigenvalue weighted by molar-refractivity contribution is 7.90. The standard InChI is InChI=1S/C22H16F4N4O3S/c1-34(32,33)17-7-13(6-14(8-17)22(24,25)26)9-28-21(31)19-10-27-12-20-18(19)11-29-30(20)16-4-2-15(23)3-5-16/h2-8,10-12H,9H2,1H3,(H,28,31). The Hall–Kier alpha value is -3.80. The molecule has 0 aliphatic carbocycles. The minimum atomic E-state index is -4.76. The highest BCUT2D eigenvalue weighted by atomic mass is 32.2. The minimum absolute atomic E-state index is 0.0364. The van der Waals surface area contributed by atoms with Crippen LogP contribution in [0.1, 0.15) is 21.5 Å². The Bertz CT molecular complexity index is 1500.